The Morgan fingerprint density at radius 3 is 2.11 bits per heavy atom. The van der Waals surface area contributed by atoms with Gasteiger partial charge in [-0.15, -0.1) is 0 Å². The van der Waals surface area contributed by atoms with Crippen molar-refractivity contribution in [2.45, 2.75) is 56.6 Å². The number of carbonyl (C=O) groups excluding carboxylic acids is 3. The fourth-order valence-electron chi connectivity index (χ4n) is 5.99. The number of nitrogens with zero attached hydrogens (tertiary/aromatic N) is 4. The molecule has 3 aromatic carbocycles. The molecular weight excluding hydrogens is 562 g/mol. The highest BCUT2D eigenvalue weighted by atomic mass is 16.7. The Kier molecular flexibility index (Phi) is 9.29. The highest BCUT2D eigenvalue weighted by molar-refractivity contribution is 5.98. The van der Waals surface area contributed by atoms with Gasteiger partial charge >= 0.3 is 6.09 Å². The van der Waals surface area contributed by atoms with Crippen molar-refractivity contribution in [3.63, 3.8) is 0 Å². The lowest BCUT2D eigenvalue weighted by Gasteiger charge is -2.41. The lowest BCUT2D eigenvalue weighted by Crippen LogP contribution is -2.66. The summed E-state index contributed by atoms with van der Waals surface area (Å²) in [6, 6.07) is 26.1. The van der Waals surface area contributed by atoms with Gasteiger partial charge in [0.05, 0.1) is 19.2 Å². The summed E-state index contributed by atoms with van der Waals surface area (Å²) in [6.45, 7) is 4.19. The Morgan fingerprint density at radius 1 is 1.02 bits per heavy atom. The van der Waals surface area contributed by atoms with Crippen LogP contribution in [0.25, 0.3) is 10.4 Å². The van der Waals surface area contributed by atoms with Crippen LogP contribution in [0.5, 0.6) is 0 Å². The molecule has 0 saturated carbocycles. The smallest absolute Gasteiger partial charge is 0.418 e. The molecule has 3 amide bonds. The Balaban J connectivity index is 1.37. The summed E-state index contributed by atoms with van der Waals surface area (Å²) < 4.78 is 17.7. The first-order chi connectivity index (χ1) is 21.3. The van der Waals surface area contributed by atoms with Crippen molar-refractivity contribution in [2.24, 2.45) is 11.0 Å². The van der Waals surface area contributed by atoms with E-state index in [2.05, 4.69) is 15.3 Å². The van der Waals surface area contributed by atoms with E-state index in [1.54, 1.807) is 0 Å². The van der Waals surface area contributed by atoms with Crippen LogP contribution in [0.4, 0.5) is 4.79 Å². The van der Waals surface area contributed by atoms with Gasteiger partial charge in [-0.05, 0) is 29.9 Å². The van der Waals surface area contributed by atoms with Crippen molar-refractivity contribution in [1.82, 2.24) is 10.2 Å². The first-order valence-corrected chi connectivity index (χ1v) is 14.6. The maximum absolute atomic E-state index is 14.1. The largest absolute Gasteiger partial charge is 0.430 e. The quantitative estimate of drug-likeness (QED) is 0.0693. The molecule has 2 heterocycles. The number of carbonyl (C=O) groups is 3. The number of ether oxygens (including phenoxy) is 3. The molecule has 2 saturated heterocycles. The molecule has 0 unspecified atom stereocenters. The number of azide groups is 1. The molecule has 3 atom stereocenters. The molecule has 2 aliphatic rings. The second-order valence-corrected chi connectivity index (χ2v) is 11.3. The van der Waals surface area contributed by atoms with E-state index in [0.29, 0.717) is 17.7 Å². The third kappa shape index (κ3) is 5.90. The van der Waals surface area contributed by atoms with Crippen molar-refractivity contribution >= 4 is 17.9 Å². The lowest BCUT2D eigenvalue weighted by molar-refractivity contribution is -0.189. The van der Waals surface area contributed by atoms with Crippen molar-refractivity contribution < 1.29 is 28.6 Å². The summed E-state index contributed by atoms with van der Waals surface area (Å²) in [5.41, 5.74) is 9.24. The van der Waals surface area contributed by atoms with Crippen LogP contribution < -0.4 is 5.32 Å². The number of nitrogens with one attached hydrogen (secondary N) is 1. The molecule has 11 nitrogen and oxygen atoms in total. The zero-order valence-electron chi connectivity index (χ0n) is 24.7. The predicted octanol–water partition coefficient (Wildman–Crippen LogP) is 5.45. The highest BCUT2D eigenvalue weighted by Gasteiger charge is 2.60. The number of hydrogen-bond acceptors (Lipinski definition) is 7. The third-order valence-electron chi connectivity index (χ3n) is 8.19. The van der Waals surface area contributed by atoms with E-state index in [-0.39, 0.29) is 38.0 Å². The predicted molar refractivity (Wildman–Crippen MR) is 161 cm³/mol. The van der Waals surface area contributed by atoms with E-state index in [9.17, 15) is 19.9 Å². The van der Waals surface area contributed by atoms with Crippen LogP contribution in [0.1, 0.15) is 43.4 Å². The molecule has 1 N–H and O–H groups in total. The van der Waals surface area contributed by atoms with Crippen LogP contribution in [0, 0.1) is 5.92 Å². The zero-order valence-corrected chi connectivity index (χ0v) is 24.7. The summed E-state index contributed by atoms with van der Waals surface area (Å²) in [4.78, 5) is 44.4. The summed E-state index contributed by atoms with van der Waals surface area (Å²) in [7, 11) is 0. The lowest BCUT2D eigenvalue weighted by atomic mass is 9.75. The maximum atomic E-state index is 14.1. The fourth-order valence-corrected chi connectivity index (χ4v) is 5.99. The normalized spacial score (nSPS) is 21.2. The molecule has 44 heavy (non-hydrogen) atoms. The molecular formula is C33H35N5O6. The van der Waals surface area contributed by atoms with Gasteiger partial charge in [-0.1, -0.05) is 110 Å². The summed E-state index contributed by atoms with van der Waals surface area (Å²) in [5, 5.41) is 6.46. The van der Waals surface area contributed by atoms with Crippen LogP contribution in [-0.4, -0.2) is 53.8 Å². The van der Waals surface area contributed by atoms with Crippen LogP contribution in [-0.2, 0) is 36.0 Å². The first-order valence-electron chi connectivity index (χ1n) is 14.6. The van der Waals surface area contributed by atoms with E-state index < -0.39 is 35.3 Å². The van der Waals surface area contributed by atoms with Crippen LogP contribution in [0.2, 0.25) is 0 Å². The molecule has 2 aliphatic heterocycles. The van der Waals surface area contributed by atoms with Crippen LogP contribution in [0.15, 0.2) is 96.1 Å². The molecule has 0 aliphatic carbocycles. The minimum Gasteiger partial charge on any atom is -0.430 e. The van der Waals surface area contributed by atoms with Gasteiger partial charge in [0.15, 0.2) is 11.2 Å². The van der Waals surface area contributed by atoms with Gasteiger partial charge in [-0.25, -0.2) is 9.69 Å². The number of benzene rings is 3. The molecule has 2 fully saturated rings. The standard InChI is InChI=1S/C33H35N5O6/c1-23(2)28-33(25-14-8-4-9-15-25,26-16-10-5-11-17-26)44-31(41)38(28)29(39)27(36-37-34)18-19-32(21-35-30(32)40)43-22-42-20-24-12-6-3-7-13-24/h3-17,23,27-28H,18-22H2,1-2H3,(H,35,40)/t27-,28-,32-/m0/s1. The Morgan fingerprint density at radius 2 is 1.61 bits per heavy atom. The third-order valence-corrected chi connectivity index (χ3v) is 8.19. The summed E-state index contributed by atoms with van der Waals surface area (Å²) >= 11 is 0. The molecule has 11 heteroatoms. The van der Waals surface area contributed by atoms with Crippen LogP contribution >= 0.6 is 0 Å². The van der Waals surface area contributed by atoms with E-state index in [1.165, 1.54) is 0 Å². The molecule has 5 rings (SSSR count). The Labute approximate surface area is 255 Å². The Hall–Kier alpha value is -4.70. The number of rotatable bonds is 13. The SMILES string of the molecule is CC(C)[C@@H]1N(C(=O)[C@H](CC[C@]2(OCOCc3ccccc3)CNC2=O)N=[N+]=[N-])C(=O)OC1(c1ccccc1)c1ccccc1. The van der Waals surface area contributed by atoms with E-state index >= 15 is 0 Å². The van der Waals surface area contributed by atoms with E-state index in [4.69, 9.17) is 14.2 Å². The second kappa shape index (κ2) is 13.3. The van der Waals surface area contributed by atoms with E-state index in [1.807, 2.05) is 105 Å². The van der Waals surface area contributed by atoms with Gasteiger partial charge in [-0.2, -0.15) is 0 Å². The monoisotopic (exact) mass is 597 g/mol. The van der Waals surface area contributed by atoms with Crippen molar-refractivity contribution in [2.75, 3.05) is 13.3 Å². The maximum Gasteiger partial charge on any atom is 0.418 e. The molecule has 0 radical (unpaired) electrons. The number of amides is 3. The molecule has 0 aromatic heterocycles. The van der Waals surface area contributed by atoms with Crippen LogP contribution in [0.3, 0.4) is 0 Å². The van der Waals surface area contributed by atoms with Gasteiger partial charge in [-0.3, -0.25) is 9.59 Å². The number of cyclic esters (lactones) is 1. The average Bonchev–Trinajstić information content (AvgIpc) is 3.38. The molecule has 0 bridgehead atoms. The van der Waals surface area contributed by atoms with Crippen molar-refractivity contribution in [1.29, 1.82) is 0 Å². The topological polar surface area (TPSA) is 143 Å². The second-order valence-electron chi connectivity index (χ2n) is 11.3. The Bertz CT molecular complexity index is 1470. The summed E-state index contributed by atoms with van der Waals surface area (Å²) in [5.74, 6) is -1.29. The average molecular weight is 598 g/mol. The number of imide groups is 1. The van der Waals surface area contributed by atoms with Crippen molar-refractivity contribution in [3.8, 4) is 0 Å². The highest BCUT2D eigenvalue weighted by Crippen LogP contribution is 2.47. The minimum atomic E-state index is -1.29. The number of hydrogen-bond donors (Lipinski definition) is 1. The van der Waals surface area contributed by atoms with Gasteiger partial charge in [0.25, 0.3) is 5.91 Å². The molecule has 0 spiro atoms. The van der Waals surface area contributed by atoms with Gasteiger partial charge in [0.1, 0.15) is 12.8 Å². The first kappa shape index (κ1) is 30.7. The van der Waals surface area contributed by atoms with Gasteiger partial charge in [0, 0.05) is 16.0 Å². The van der Waals surface area contributed by atoms with E-state index in [0.717, 1.165) is 10.5 Å². The molecule has 228 valence electrons. The van der Waals surface area contributed by atoms with Gasteiger partial charge in [0.2, 0.25) is 5.91 Å². The van der Waals surface area contributed by atoms with Gasteiger partial charge < -0.3 is 19.5 Å². The summed E-state index contributed by atoms with van der Waals surface area (Å²) in [6.07, 6.45) is -0.797. The fraction of sp³-hybridized carbons (Fsp3) is 0.364. The zero-order chi connectivity index (χ0) is 31.2. The van der Waals surface area contributed by atoms with Crippen molar-refractivity contribution in [3.05, 3.63) is 118 Å². The number of β-lactam (4-membered cyclic amide) rings is 1. The molecule has 3 aromatic rings. The minimum absolute atomic E-state index is 0.0345.